The first-order valence-corrected chi connectivity index (χ1v) is 10.2. The lowest BCUT2D eigenvalue weighted by Gasteiger charge is -2.22. The number of anilines is 2. The molecule has 0 bridgehead atoms. The van der Waals surface area contributed by atoms with Gasteiger partial charge in [-0.3, -0.25) is 19.3 Å². The molecule has 0 saturated carbocycles. The third-order valence-electron chi connectivity index (χ3n) is 5.26. The van der Waals surface area contributed by atoms with Gasteiger partial charge in [0.05, 0.1) is 27.9 Å². The van der Waals surface area contributed by atoms with E-state index in [1.54, 1.807) is 12.1 Å². The molecule has 0 spiro atoms. The van der Waals surface area contributed by atoms with Crippen molar-refractivity contribution in [2.75, 3.05) is 30.4 Å². The molecule has 0 unspecified atom stereocenters. The summed E-state index contributed by atoms with van der Waals surface area (Å²) in [5.41, 5.74) is 1.09. The van der Waals surface area contributed by atoms with E-state index in [1.165, 1.54) is 20.0 Å². The zero-order valence-electron chi connectivity index (χ0n) is 18.6. The number of azo groups is 1. The number of nitriles is 2. The van der Waals surface area contributed by atoms with Gasteiger partial charge in [0.1, 0.15) is 23.5 Å². The van der Waals surface area contributed by atoms with Gasteiger partial charge in [-0.05, 0) is 38.1 Å². The van der Waals surface area contributed by atoms with Crippen molar-refractivity contribution >= 4 is 40.5 Å². The van der Waals surface area contributed by atoms with E-state index in [0.717, 1.165) is 23.7 Å². The van der Waals surface area contributed by atoms with Crippen molar-refractivity contribution in [2.45, 2.75) is 20.8 Å². The number of hydrogen-bond donors (Lipinski definition) is 1. The third-order valence-corrected chi connectivity index (χ3v) is 5.26. The first-order valence-electron chi connectivity index (χ1n) is 10.2. The standard InChI is InChI=1S/C23H21N7O3/c1-5-30(6-2)15-7-8-18(19(10-15)26-13(3)31)27-28-21-14(11-24)9-16-20(17(21)12-25)23(33)29(4)22(16)32/h7-10H,5-6H2,1-4H3,(H,26,31). The first kappa shape index (κ1) is 23.1. The first-order chi connectivity index (χ1) is 15.8. The highest BCUT2D eigenvalue weighted by atomic mass is 16.2. The van der Waals surface area contributed by atoms with Crippen LogP contribution in [0.1, 0.15) is 52.6 Å². The van der Waals surface area contributed by atoms with Gasteiger partial charge in [-0.1, -0.05) is 0 Å². The Morgan fingerprint density at radius 2 is 1.79 bits per heavy atom. The number of nitrogens with one attached hydrogen (secondary N) is 1. The number of fused-ring (bicyclic) bond motifs is 1. The van der Waals surface area contributed by atoms with Crippen molar-refractivity contribution in [3.05, 3.63) is 46.5 Å². The predicted molar refractivity (Wildman–Crippen MR) is 121 cm³/mol. The average molecular weight is 443 g/mol. The summed E-state index contributed by atoms with van der Waals surface area (Å²) >= 11 is 0. The minimum atomic E-state index is -0.644. The average Bonchev–Trinajstić information content (AvgIpc) is 3.01. The number of carbonyl (C=O) groups excluding carboxylic acids is 3. The number of nitrogens with zero attached hydrogens (tertiary/aromatic N) is 6. The maximum absolute atomic E-state index is 12.5. The van der Waals surface area contributed by atoms with Crippen LogP contribution in [-0.2, 0) is 4.79 Å². The highest BCUT2D eigenvalue weighted by molar-refractivity contribution is 6.23. The van der Waals surface area contributed by atoms with Crippen LogP contribution in [0.2, 0.25) is 0 Å². The SMILES string of the molecule is CCN(CC)c1ccc(N=Nc2c(C#N)cc3c(c2C#N)C(=O)N(C)C3=O)c(NC(C)=O)c1. The molecule has 1 aliphatic heterocycles. The van der Waals surface area contributed by atoms with Gasteiger partial charge in [-0.25, -0.2) is 0 Å². The lowest BCUT2D eigenvalue weighted by Crippen LogP contribution is -2.24. The van der Waals surface area contributed by atoms with Crippen molar-refractivity contribution in [1.29, 1.82) is 10.5 Å². The van der Waals surface area contributed by atoms with Crippen molar-refractivity contribution in [3.63, 3.8) is 0 Å². The fraction of sp³-hybridized carbons (Fsp3) is 0.261. The number of hydrogen-bond acceptors (Lipinski definition) is 8. The van der Waals surface area contributed by atoms with Crippen molar-refractivity contribution in [3.8, 4) is 12.1 Å². The van der Waals surface area contributed by atoms with Crippen molar-refractivity contribution in [2.24, 2.45) is 10.2 Å². The van der Waals surface area contributed by atoms with Gasteiger partial charge in [0.25, 0.3) is 11.8 Å². The Morgan fingerprint density at radius 3 is 2.36 bits per heavy atom. The Hall–Kier alpha value is -4.57. The van der Waals surface area contributed by atoms with Crippen LogP contribution in [0.3, 0.4) is 0 Å². The molecule has 33 heavy (non-hydrogen) atoms. The Morgan fingerprint density at radius 1 is 1.09 bits per heavy atom. The van der Waals surface area contributed by atoms with E-state index in [0.29, 0.717) is 11.4 Å². The quantitative estimate of drug-likeness (QED) is 0.530. The summed E-state index contributed by atoms with van der Waals surface area (Å²) in [7, 11) is 1.30. The normalized spacial score (nSPS) is 12.5. The Balaban J connectivity index is 2.15. The molecule has 166 valence electrons. The van der Waals surface area contributed by atoms with E-state index in [2.05, 4.69) is 20.4 Å². The lowest BCUT2D eigenvalue weighted by molar-refractivity contribution is -0.114. The van der Waals surface area contributed by atoms with Gasteiger partial charge in [-0.15, -0.1) is 10.2 Å². The van der Waals surface area contributed by atoms with Crippen LogP contribution in [0.25, 0.3) is 0 Å². The molecule has 10 heteroatoms. The summed E-state index contributed by atoms with van der Waals surface area (Å²) in [6.45, 7) is 6.93. The van der Waals surface area contributed by atoms with E-state index in [-0.39, 0.29) is 33.8 Å². The predicted octanol–water partition coefficient (Wildman–Crippen LogP) is 3.88. The van der Waals surface area contributed by atoms with Gasteiger partial charge in [0, 0.05) is 32.7 Å². The summed E-state index contributed by atoms with van der Waals surface area (Å²) in [4.78, 5) is 39.5. The minimum Gasteiger partial charge on any atom is -0.372 e. The van der Waals surface area contributed by atoms with Gasteiger partial charge >= 0.3 is 0 Å². The summed E-state index contributed by atoms with van der Waals surface area (Å²) in [6, 6.07) is 10.3. The van der Waals surface area contributed by atoms with Crippen LogP contribution in [0, 0.1) is 22.7 Å². The summed E-state index contributed by atoms with van der Waals surface area (Å²) in [5.74, 6) is -1.54. The Kier molecular flexibility index (Phi) is 6.50. The smallest absolute Gasteiger partial charge is 0.262 e. The van der Waals surface area contributed by atoms with E-state index < -0.39 is 11.8 Å². The third kappa shape index (κ3) is 4.14. The van der Waals surface area contributed by atoms with Gasteiger partial charge in [-0.2, -0.15) is 10.5 Å². The second kappa shape index (κ2) is 9.28. The van der Waals surface area contributed by atoms with Crippen LogP contribution in [0.15, 0.2) is 34.5 Å². The number of benzene rings is 2. The van der Waals surface area contributed by atoms with Crippen molar-refractivity contribution in [1.82, 2.24) is 4.90 Å². The molecule has 2 aromatic carbocycles. The van der Waals surface area contributed by atoms with Crippen LogP contribution >= 0.6 is 0 Å². The summed E-state index contributed by atoms with van der Waals surface area (Å²) in [6.07, 6.45) is 0. The van der Waals surface area contributed by atoms with Gasteiger partial charge in [0.15, 0.2) is 0 Å². The maximum atomic E-state index is 12.5. The van der Waals surface area contributed by atoms with Crippen LogP contribution in [0.5, 0.6) is 0 Å². The van der Waals surface area contributed by atoms with Gasteiger partial charge in [0.2, 0.25) is 5.91 Å². The van der Waals surface area contributed by atoms with Crippen molar-refractivity contribution < 1.29 is 14.4 Å². The highest BCUT2D eigenvalue weighted by Crippen LogP contribution is 2.37. The van der Waals surface area contributed by atoms with E-state index in [9.17, 15) is 24.9 Å². The Bertz CT molecular complexity index is 1280. The summed E-state index contributed by atoms with van der Waals surface area (Å²) in [5, 5.41) is 30.3. The highest BCUT2D eigenvalue weighted by Gasteiger charge is 2.37. The van der Waals surface area contributed by atoms with Crippen LogP contribution in [-0.4, -0.2) is 42.8 Å². The molecule has 1 N–H and O–H groups in total. The van der Waals surface area contributed by atoms with Crippen LogP contribution < -0.4 is 10.2 Å². The number of amides is 3. The summed E-state index contributed by atoms with van der Waals surface area (Å²) < 4.78 is 0. The lowest BCUT2D eigenvalue weighted by atomic mass is 9.97. The molecule has 0 aliphatic carbocycles. The molecule has 0 atom stereocenters. The molecule has 1 aliphatic rings. The minimum absolute atomic E-state index is 0.0166. The fourth-order valence-electron chi connectivity index (χ4n) is 3.59. The molecule has 0 saturated heterocycles. The largest absolute Gasteiger partial charge is 0.372 e. The molecular weight excluding hydrogens is 422 g/mol. The molecule has 1 heterocycles. The number of imide groups is 1. The van der Waals surface area contributed by atoms with Crippen LogP contribution in [0.4, 0.5) is 22.7 Å². The Labute approximate surface area is 190 Å². The molecule has 0 fully saturated rings. The monoisotopic (exact) mass is 443 g/mol. The maximum Gasteiger partial charge on any atom is 0.262 e. The molecule has 3 amide bonds. The fourth-order valence-corrected chi connectivity index (χ4v) is 3.59. The molecule has 10 nitrogen and oxygen atoms in total. The second-order valence-corrected chi connectivity index (χ2v) is 7.22. The van der Waals surface area contributed by atoms with E-state index in [1.807, 2.05) is 32.1 Å². The second-order valence-electron chi connectivity index (χ2n) is 7.22. The van der Waals surface area contributed by atoms with Gasteiger partial charge < -0.3 is 10.2 Å². The molecule has 3 rings (SSSR count). The zero-order chi connectivity index (χ0) is 24.3. The molecular formula is C23H21N7O3. The molecule has 0 aromatic heterocycles. The zero-order valence-corrected chi connectivity index (χ0v) is 18.6. The number of rotatable bonds is 6. The topological polar surface area (TPSA) is 142 Å². The number of carbonyl (C=O) groups is 3. The molecule has 2 aromatic rings. The van der Waals surface area contributed by atoms with E-state index in [4.69, 9.17) is 0 Å². The van der Waals surface area contributed by atoms with E-state index >= 15 is 0 Å². The molecule has 0 radical (unpaired) electrons.